The van der Waals surface area contributed by atoms with Crippen LogP contribution in [0.5, 0.6) is 0 Å². The molecule has 0 amide bonds. The SMILES string of the molecule is CC(C)C(C)CNCc1cc(F)ccc1F. The normalized spacial score (nSPS) is 13.1. The number of halogens is 2. The highest BCUT2D eigenvalue weighted by molar-refractivity contribution is 5.18. The van der Waals surface area contributed by atoms with E-state index < -0.39 is 5.82 Å². The molecule has 0 radical (unpaired) electrons. The highest BCUT2D eigenvalue weighted by Crippen LogP contribution is 2.11. The van der Waals surface area contributed by atoms with Crippen molar-refractivity contribution in [2.24, 2.45) is 11.8 Å². The van der Waals surface area contributed by atoms with Crippen LogP contribution in [0.25, 0.3) is 0 Å². The zero-order valence-electron chi connectivity index (χ0n) is 10.1. The first-order chi connectivity index (χ1) is 7.50. The van der Waals surface area contributed by atoms with E-state index in [1.165, 1.54) is 6.07 Å². The molecule has 1 nitrogen and oxygen atoms in total. The smallest absolute Gasteiger partial charge is 0.127 e. The van der Waals surface area contributed by atoms with Crippen molar-refractivity contribution in [3.63, 3.8) is 0 Å². The summed E-state index contributed by atoms with van der Waals surface area (Å²) in [4.78, 5) is 0. The molecule has 0 aromatic heterocycles. The Hall–Kier alpha value is -0.960. The van der Waals surface area contributed by atoms with Crippen molar-refractivity contribution in [2.75, 3.05) is 6.54 Å². The van der Waals surface area contributed by atoms with Crippen molar-refractivity contribution in [1.29, 1.82) is 0 Å². The molecule has 1 aromatic carbocycles. The first kappa shape index (κ1) is 13.1. The third-order valence-corrected chi connectivity index (χ3v) is 2.93. The van der Waals surface area contributed by atoms with Crippen LogP contribution < -0.4 is 5.32 Å². The molecule has 3 heteroatoms. The molecule has 0 heterocycles. The second kappa shape index (κ2) is 5.94. The molecule has 1 N–H and O–H groups in total. The minimum Gasteiger partial charge on any atom is -0.312 e. The zero-order chi connectivity index (χ0) is 12.1. The Morgan fingerprint density at radius 3 is 2.50 bits per heavy atom. The van der Waals surface area contributed by atoms with Crippen LogP contribution in [-0.4, -0.2) is 6.54 Å². The highest BCUT2D eigenvalue weighted by atomic mass is 19.1. The van der Waals surface area contributed by atoms with Gasteiger partial charge >= 0.3 is 0 Å². The van der Waals surface area contributed by atoms with Crippen molar-refractivity contribution in [1.82, 2.24) is 5.32 Å². The Morgan fingerprint density at radius 1 is 1.19 bits per heavy atom. The van der Waals surface area contributed by atoms with E-state index in [0.29, 0.717) is 23.9 Å². The molecular weight excluding hydrogens is 208 g/mol. The molecule has 1 unspecified atom stereocenters. The van der Waals surface area contributed by atoms with Gasteiger partial charge in [-0.15, -0.1) is 0 Å². The van der Waals surface area contributed by atoms with Crippen molar-refractivity contribution in [3.8, 4) is 0 Å². The Kier molecular flexibility index (Phi) is 4.87. The Morgan fingerprint density at radius 2 is 1.88 bits per heavy atom. The first-order valence-electron chi connectivity index (χ1n) is 5.65. The quantitative estimate of drug-likeness (QED) is 0.813. The van der Waals surface area contributed by atoms with E-state index in [4.69, 9.17) is 0 Å². The molecule has 1 rings (SSSR count). The Bertz CT molecular complexity index is 337. The minimum atomic E-state index is -0.393. The summed E-state index contributed by atoms with van der Waals surface area (Å²) in [5.74, 6) is 0.364. The fourth-order valence-electron chi connectivity index (χ4n) is 1.35. The predicted molar refractivity (Wildman–Crippen MR) is 62.1 cm³/mol. The van der Waals surface area contributed by atoms with Crippen LogP contribution in [-0.2, 0) is 6.54 Å². The molecule has 90 valence electrons. The summed E-state index contributed by atoms with van der Waals surface area (Å²) >= 11 is 0. The molecule has 0 aliphatic heterocycles. The van der Waals surface area contributed by atoms with Gasteiger partial charge in [0.2, 0.25) is 0 Å². The molecule has 0 aliphatic carbocycles. The number of nitrogens with one attached hydrogen (secondary N) is 1. The van der Waals surface area contributed by atoms with E-state index in [-0.39, 0.29) is 5.82 Å². The molecule has 1 aromatic rings. The van der Waals surface area contributed by atoms with Crippen LogP contribution in [0, 0.1) is 23.5 Å². The van der Waals surface area contributed by atoms with Gasteiger partial charge < -0.3 is 5.32 Å². The van der Waals surface area contributed by atoms with Crippen molar-refractivity contribution in [2.45, 2.75) is 27.3 Å². The van der Waals surface area contributed by atoms with Gasteiger partial charge in [-0.2, -0.15) is 0 Å². The maximum atomic E-state index is 13.2. The number of hydrogen-bond acceptors (Lipinski definition) is 1. The maximum absolute atomic E-state index is 13.2. The minimum absolute atomic E-state index is 0.355. The van der Waals surface area contributed by atoms with E-state index in [9.17, 15) is 8.78 Å². The van der Waals surface area contributed by atoms with Gasteiger partial charge in [0.05, 0.1) is 0 Å². The van der Waals surface area contributed by atoms with Crippen molar-refractivity contribution < 1.29 is 8.78 Å². The lowest BCUT2D eigenvalue weighted by Crippen LogP contribution is -2.24. The average Bonchev–Trinajstić information content (AvgIpc) is 2.22. The first-order valence-corrected chi connectivity index (χ1v) is 5.65. The topological polar surface area (TPSA) is 12.0 Å². The zero-order valence-corrected chi connectivity index (χ0v) is 10.1. The monoisotopic (exact) mass is 227 g/mol. The lowest BCUT2D eigenvalue weighted by atomic mass is 9.98. The molecule has 1 atom stereocenters. The van der Waals surface area contributed by atoms with E-state index in [2.05, 4.69) is 26.1 Å². The number of benzene rings is 1. The van der Waals surface area contributed by atoms with E-state index in [1.54, 1.807) is 0 Å². The van der Waals surface area contributed by atoms with Crippen LogP contribution in [0.4, 0.5) is 8.78 Å². The summed E-state index contributed by atoms with van der Waals surface area (Å²) in [7, 11) is 0. The van der Waals surface area contributed by atoms with Gasteiger partial charge in [0.1, 0.15) is 11.6 Å². The second-order valence-electron chi connectivity index (χ2n) is 4.59. The Balaban J connectivity index is 2.45. The number of rotatable bonds is 5. The van der Waals surface area contributed by atoms with Gasteiger partial charge in [0, 0.05) is 12.1 Å². The van der Waals surface area contributed by atoms with Gasteiger partial charge in [0.15, 0.2) is 0 Å². The molecule has 0 saturated heterocycles. The summed E-state index contributed by atoms with van der Waals surface area (Å²) in [5.41, 5.74) is 0.385. The van der Waals surface area contributed by atoms with Crippen LogP contribution in [0.3, 0.4) is 0 Å². The van der Waals surface area contributed by atoms with E-state index >= 15 is 0 Å². The Labute approximate surface area is 95.9 Å². The summed E-state index contributed by atoms with van der Waals surface area (Å²) in [6.45, 7) is 7.62. The van der Waals surface area contributed by atoms with E-state index in [0.717, 1.165) is 18.7 Å². The lowest BCUT2D eigenvalue weighted by molar-refractivity contribution is 0.390. The molecule has 0 fully saturated rings. The van der Waals surface area contributed by atoms with Gasteiger partial charge in [-0.25, -0.2) is 8.78 Å². The third kappa shape index (κ3) is 3.89. The molecule has 0 spiro atoms. The van der Waals surface area contributed by atoms with Crippen LogP contribution in [0.15, 0.2) is 18.2 Å². The maximum Gasteiger partial charge on any atom is 0.127 e. The van der Waals surface area contributed by atoms with Crippen molar-refractivity contribution in [3.05, 3.63) is 35.4 Å². The van der Waals surface area contributed by atoms with Gasteiger partial charge in [0.25, 0.3) is 0 Å². The average molecular weight is 227 g/mol. The molecular formula is C13H19F2N. The van der Waals surface area contributed by atoms with Crippen LogP contribution >= 0.6 is 0 Å². The third-order valence-electron chi connectivity index (χ3n) is 2.93. The molecule has 16 heavy (non-hydrogen) atoms. The van der Waals surface area contributed by atoms with E-state index in [1.807, 2.05) is 0 Å². The summed E-state index contributed by atoms with van der Waals surface area (Å²) < 4.78 is 26.1. The number of hydrogen-bond donors (Lipinski definition) is 1. The molecule has 0 aliphatic rings. The fraction of sp³-hybridized carbons (Fsp3) is 0.538. The van der Waals surface area contributed by atoms with Gasteiger partial charge in [-0.3, -0.25) is 0 Å². The standard InChI is InChI=1S/C13H19F2N/c1-9(2)10(3)7-16-8-11-6-12(14)4-5-13(11)15/h4-6,9-10,16H,7-8H2,1-3H3. The summed E-state index contributed by atoms with van der Waals surface area (Å²) in [6.07, 6.45) is 0. The lowest BCUT2D eigenvalue weighted by Gasteiger charge is -2.16. The summed E-state index contributed by atoms with van der Waals surface area (Å²) in [5, 5.41) is 3.14. The van der Waals surface area contributed by atoms with Crippen LogP contribution in [0.2, 0.25) is 0 Å². The molecule has 0 saturated carbocycles. The molecule has 0 bridgehead atoms. The highest BCUT2D eigenvalue weighted by Gasteiger charge is 2.07. The largest absolute Gasteiger partial charge is 0.312 e. The second-order valence-corrected chi connectivity index (χ2v) is 4.59. The van der Waals surface area contributed by atoms with Crippen molar-refractivity contribution >= 4 is 0 Å². The van der Waals surface area contributed by atoms with Gasteiger partial charge in [-0.05, 0) is 36.6 Å². The predicted octanol–water partition coefficient (Wildman–Crippen LogP) is 3.35. The van der Waals surface area contributed by atoms with Crippen LogP contribution in [0.1, 0.15) is 26.3 Å². The summed E-state index contributed by atoms with van der Waals surface area (Å²) in [6, 6.07) is 3.54. The van der Waals surface area contributed by atoms with Gasteiger partial charge in [-0.1, -0.05) is 20.8 Å². The fourth-order valence-corrected chi connectivity index (χ4v) is 1.35.